The van der Waals surface area contributed by atoms with Crippen LogP contribution in [-0.2, 0) is 9.53 Å². The predicted octanol–water partition coefficient (Wildman–Crippen LogP) is 2.53. The first kappa shape index (κ1) is 15.7. The Morgan fingerprint density at radius 2 is 1.81 bits per heavy atom. The molecule has 1 saturated heterocycles. The van der Waals surface area contributed by atoms with Crippen LogP contribution in [0.4, 0.5) is 0 Å². The summed E-state index contributed by atoms with van der Waals surface area (Å²) in [5.74, 6) is -0.0465. The average Bonchev–Trinajstić information content (AvgIpc) is 1.99. The number of hydrogen-bond acceptors (Lipinski definition) is 3. The zero-order valence-corrected chi connectivity index (χ0v) is 11.7. The molecule has 0 spiro atoms. The minimum absolute atomic E-state index is 0. The zero-order chi connectivity index (χ0) is 11.6. The van der Waals surface area contributed by atoms with Crippen molar-refractivity contribution >= 4 is 18.4 Å². The summed E-state index contributed by atoms with van der Waals surface area (Å²) in [5, 5.41) is 3.40. The van der Waals surface area contributed by atoms with Gasteiger partial charge in [0.15, 0.2) is 0 Å². The molecule has 1 aliphatic rings. The molecular formula is C12H24ClNO2. The van der Waals surface area contributed by atoms with Crippen molar-refractivity contribution < 1.29 is 9.53 Å². The van der Waals surface area contributed by atoms with Crippen LogP contribution in [-0.4, -0.2) is 23.7 Å². The summed E-state index contributed by atoms with van der Waals surface area (Å²) in [5.41, 5.74) is -0.375. The number of nitrogens with one attached hydrogen (secondary N) is 1. The Bertz CT molecular complexity index is 238. The van der Waals surface area contributed by atoms with Gasteiger partial charge in [-0.1, -0.05) is 0 Å². The van der Waals surface area contributed by atoms with Crippen molar-refractivity contribution in [3.8, 4) is 0 Å². The van der Waals surface area contributed by atoms with E-state index in [2.05, 4.69) is 19.2 Å². The quantitative estimate of drug-likeness (QED) is 0.726. The number of rotatable bonds is 1. The van der Waals surface area contributed by atoms with Crippen LogP contribution in [0.2, 0.25) is 0 Å². The number of halogens is 1. The highest BCUT2D eigenvalue weighted by molar-refractivity contribution is 5.85. The maximum absolute atomic E-state index is 11.9. The smallest absolute Gasteiger partial charge is 0.311 e. The van der Waals surface area contributed by atoms with Crippen LogP contribution < -0.4 is 5.32 Å². The van der Waals surface area contributed by atoms with Gasteiger partial charge < -0.3 is 10.1 Å². The van der Waals surface area contributed by atoms with Gasteiger partial charge in [0.25, 0.3) is 0 Å². The molecule has 1 aliphatic heterocycles. The molecule has 0 amide bonds. The average molecular weight is 250 g/mol. The van der Waals surface area contributed by atoms with Gasteiger partial charge in [-0.05, 0) is 47.5 Å². The Hall–Kier alpha value is -0.280. The lowest BCUT2D eigenvalue weighted by molar-refractivity contribution is -0.162. The maximum atomic E-state index is 11.9. The van der Waals surface area contributed by atoms with Gasteiger partial charge in [-0.15, -0.1) is 12.4 Å². The fraction of sp³-hybridized carbons (Fsp3) is 0.917. The Morgan fingerprint density at radius 3 is 2.25 bits per heavy atom. The Kier molecular flexibility index (Phi) is 5.77. The van der Waals surface area contributed by atoms with Gasteiger partial charge in [-0.2, -0.15) is 0 Å². The minimum atomic E-state index is -0.375. The molecule has 1 heterocycles. The van der Waals surface area contributed by atoms with E-state index in [-0.39, 0.29) is 35.9 Å². The molecule has 96 valence electrons. The third-order valence-electron chi connectivity index (χ3n) is 2.77. The summed E-state index contributed by atoms with van der Waals surface area (Å²) in [6.45, 7) is 9.95. The van der Waals surface area contributed by atoms with E-state index in [1.54, 1.807) is 0 Å². The van der Waals surface area contributed by atoms with Crippen molar-refractivity contribution in [2.75, 3.05) is 0 Å². The molecule has 0 aliphatic carbocycles. The van der Waals surface area contributed by atoms with Crippen LogP contribution in [0.5, 0.6) is 0 Å². The van der Waals surface area contributed by atoms with E-state index >= 15 is 0 Å². The molecule has 0 aromatic heterocycles. The van der Waals surface area contributed by atoms with Crippen LogP contribution in [0, 0.1) is 5.92 Å². The van der Waals surface area contributed by atoms with E-state index in [0.717, 1.165) is 12.8 Å². The summed E-state index contributed by atoms with van der Waals surface area (Å²) < 4.78 is 5.40. The normalized spacial score (nSPS) is 30.4. The SMILES string of the molecule is CC1CCC(C(=O)OC(C)(C)C)C(C)N1.Cl. The van der Waals surface area contributed by atoms with E-state index in [1.165, 1.54) is 0 Å². The fourth-order valence-corrected chi connectivity index (χ4v) is 2.03. The molecule has 0 aromatic carbocycles. The molecule has 1 N–H and O–H groups in total. The lowest BCUT2D eigenvalue weighted by Gasteiger charge is -2.34. The van der Waals surface area contributed by atoms with Gasteiger partial charge in [0.1, 0.15) is 5.60 Å². The van der Waals surface area contributed by atoms with Crippen LogP contribution in [0.25, 0.3) is 0 Å². The molecule has 16 heavy (non-hydrogen) atoms. The van der Waals surface area contributed by atoms with Crippen LogP contribution in [0.15, 0.2) is 0 Å². The van der Waals surface area contributed by atoms with Gasteiger partial charge in [-0.3, -0.25) is 4.79 Å². The standard InChI is InChI=1S/C12H23NO2.ClH/c1-8-6-7-10(9(2)13-8)11(14)15-12(3,4)5;/h8-10,13H,6-7H2,1-5H3;1H. The van der Waals surface area contributed by atoms with Crippen molar-refractivity contribution in [1.29, 1.82) is 0 Å². The molecule has 0 aromatic rings. The van der Waals surface area contributed by atoms with E-state index in [1.807, 2.05) is 20.8 Å². The molecule has 3 nitrogen and oxygen atoms in total. The first-order valence-electron chi connectivity index (χ1n) is 5.78. The number of hydrogen-bond donors (Lipinski definition) is 1. The maximum Gasteiger partial charge on any atom is 0.311 e. The summed E-state index contributed by atoms with van der Waals surface area (Å²) in [6.07, 6.45) is 1.98. The van der Waals surface area contributed by atoms with E-state index in [0.29, 0.717) is 6.04 Å². The van der Waals surface area contributed by atoms with E-state index in [4.69, 9.17) is 4.74 Å². The van der Waals surface area contributed by atoms with Gasteiger partial charge >= 0.3 is 5.97 Å². The summed E-state index contributed by atoms with van der Waals surface area (Å²) in [4.78, 5) is 11.9. The van der Waals surface area contributed by atoms with E-state index in [9.17, 15) is 4.79 Å². The largest absolute Gasteiger partial charge is 0.460 e. The predicted molar refractivity (Wildman–Crippen MR) is 67.9 cm³/mol. The minimum Gasteiger partial charge on any atom is -0.460 e. The highest BCUT2D eigenvalue weighted by Crippen LogP contribution is 2.23. The Labute approximate surface area is 105 Å². The molecule has 0 bridgehead atoms. The highest BCUT2D eigenvalue weighted by atomic mass is 35.5. The van der Waals surface area contributed by atoms with Gasteiger partial charge in [-0.25, -0.2) is 0 Å². The third-order valence-corrected chi connectivity index (χ3v) is 2.77. The highest BCUT2D eigenvalue weighted by Gasteiger charge is 2.33. The van der Waals surface area contributed by atoms with Crippen molar-refractivity contribution in [3.05, 3.63) is 0 Å². The van der Waals surface area contributed by atoms with Crippen LogP contribution in [0.1, 0.15) is 47.5 Å². The van der Waals surface area contributed by atoms with Crippen LogP contribution in [0.3, 0.4) is 0 Å². The number of carbonyl (C=O) groups is 1. The number of piperidine rings is 1. The number of esters is 1. The van der Waals surface area contributed by atoms with Crippen molar-refractivity contribution in [2.24, 2.45) is 5.92 Å². The van der Waals surface area contributed by atoms with Crippen LogP contribution >= 0.6 is 12.4 Å². The van der Waals surface area contributed by atoms with E-state index < -0.39 is 0 Å². The second kappa shape index (κ2) is 5.87. The molecule has 0 radical (unpaired) electrons. The number of carbonyl (C=O) groups excluding carboxylic acids is 1. The molecule has 1 rings (SSSR count). The Balaban J connectivity index is 0.00000225. The Morgan fingerprint density at radius 1 is 1.25 bits per heavy atom. The summed E-state index contributed by atoms with van der Waals surface area (Å²) in [7, 11) is 0. The molecule has 4 heteroatoms. The van der Waals surface area contributed by atoms with Gasteiger partial charge in [0, 0.05) is 12.1 Å². The topological polar surface area (TPSA) is 38.3 Å². The lowest BCUT2D eigenvalue weighted by Crippen LogP contribution is -2.48. The summed E-state index contributed by atoms with van der Waals surface area (Å²) in [6, 6.07) is 0.738. The van der Waals surface area contributed by atoms with Crippen molar-refractivity contribution in [3.63, 3.8) is 0 Å². The third kappa shape index (κ3) is 4.71. The summed E-state index contributed by atoms with van der Waals surface area (Å²) >= 11 is 0. The first-order valence-corrected chi connectivity index (χ1v) is 5.78. The van der Waals surface area contributed by atoms with Crippen molar-refractivity contribution in [1.82, 2.24) is 5.32 Å². The fourth-order valence-electron chi connectivity index (χ4n) is 2.03. The monoisotopic (exact) mass is 249 g/mol. The lowest BCUT2D eigenvalue weighted by atomic mass is 9.89. The first-order chi connectivity index (χ1) is 6.79. The molecule has 1 fully saturated rings. The van der Waals surface area contributed by atoms with Crippen molar-refractivity contribution in [2.45, 2.75) is 65.1 Å². The second-order valence-electron chi connectivity index (χ2n) is 5.57. The molecular weight excluding hydrogens is 226 g/mol. The molecule has 0 saturated carbocycles. The molecule has 3 atom stereocenters. The van der Waals surface area contributed by atoms with Gasteiger partial charge in [0.2, 0.25) is 0 Å². The molecule has 3 unspecified atom stereocenters. The van der Waals surface area contributed by atoms with Gasteiger partial charge in [0.05, 0.1) is 5.92 Å². The zero-order valence-electron chi connectivity index (χ0n) is 10.9. The number of ether oxygens (including phenoxy) is 1. The second-order valence-corrected chi connectivity index (χ2v) is 5.57.